The van der Waals surface area contributed by atoms with Crippen LogP contribution in [0.2, 0.25) is 0 Å². The van der Waals surface area contributed by atoms with E-state index in [1.807, 2.05) is 6.07 Å². The van der Waals surface area contributed by atoms with E-state index in [-0.39, 0.29) is 12.5 Å². The summed E-state index contributed by atoms with van der Waals surface area (Å²) in [6.45, 7) is 0.261. The quantitative estimate of drug-likeness (QED) is 0.821. The summed E-state index contributed by atoms with van der Waals surface area (Å²) in [6.07, 6.45) is 1.64. The Morgan fingerprint density at radius 3 is 2.67 bits per heavy atom. The number of unbranched alkanes of at least 4 members (excludes halogenated alkanes) is 2. The summed E-state index contributed by atoms with van der Waals surface area (Å²) in [6, 6.07) is 8.57. The third kappa shape index (κ3) is 2.08. The molecule has 1 amide bonds. The van der Waals surface area contributed by atoms with Gasteiger partial charge >= 0.3 is 0 Å². The van der Waals surface area contributed by atoms with Crippen LogP contribution in [-0.2, 0) is 0 Å². The minimum atomic E-state index is -3.18. The molecule has 0 fully saturated rings. The third-order valence-corrected chi connectivity index (χ3v) is 4.76. The Kier molecular flexibility index (Phi) is 3.57. The van der Waals surface area contributed by atoms with Crippen molar-refractivity contribution < 1.29 is 13.9 Å². The number of hydrogen-bond acceptors (Lipinski definition) is 4. The van der Waals surface area contributed by atoms with E-state index in [1.54, 1.807) is 24.3 Å². The zero-order chi connectivity index (χ0) is 13.2. The predicted molar refractivity (Wildman–Crippen MR) is 68.1 cm³/mol. The number of nitriles is 1. The van der Waals surface area contributed by atoms with Crippen molar-refractivity contribution in [2.45, 2.75) is 24.2 Å². The van der Waals surface area contributed by atoms with Crippen molar-refractivity contribution in [3.63, 3.8) is 0 Å². The van der Waals surface area contributed by atoms with Gasteiger partial charge in [-0.2, -0.15) is 5.26 Å². The molecule has 2 rings (SSSR count). The van der Waals surface area contributed by atoms with E-state index in [0.29, 0.717) is 29.7 Å². The van der Waals surface area contributed by atoms with E-state index < -0.39 is 10.8 Å². The number of benzene rings is 1. The number of carbonyl (C=O) groups excluding carboxylic acids is 1. The van der Waals surface area contributed by atoms with Gasteiger partial charge in [0.05, 0.1) is 16.5 Å². The highest BCUT2D eigenvalue weighted by Gasteiger charge is 2.40. The Morgan fingerprint density at radius 2 is 2.00 bits per heavy atom. The summed E-state index contributed by atoms with van der Waals surface area (Å²) < 4.78 is 21.3. The van der Waals surface area contributed by atoms with Crippen molar-refractivity contribution in [2.75, 3.05) is 6.54 Å². The predicted octanol–water partition coefficient (Wildman–Crippen LogP) is 2.86. The van der Waals surface area contributed by atoms with Gasteiger partial charge in [-0.3, -0.25) is 13.9 Å². The van der Waals surface area contributed by atoms with Crippen LogP contribution >= 0.6 is 10.8 Å². The maximum Gasteiger partial charge on any atom is 0.274 e. The summed E-state index contributed by atoms with van der Waals surface area (Å²) in [5.74, 6) is -0.345. The van der Waals surface area contributed by atoms with Crippen molar-refractivity contribution in [3.05, 3.63) is 29.8 Å². The van der Waals surface area contributed by atoms with Gasteiger partial charge in [0, 0.05) is 13.0 Å². The molecule has 96 valence electrons. The van der Waals surface area contributed by atoms with E-state index in [2.05, 4.69) is 0 Å². The highest BCUT2D eigenvalue weighted by molar-refractivity contribution is 8.23. The van der Waals surface area contributed by atoms with Crippen molar-refractivity contribution in [1.29, 1.82) is 5.26 Å². The number of nitrogens with zero attached hydrogens (tertiary/aromatic N) is 2. The van der Waals surface area contributed by atoms with Crippen LogP contribution in [0.5, 0.6) is 0 Å². The SMILES string of the molecule is N#CCCCCN1C(=O)c2ccccc2S1(O)O. The molecule has 18 heavy (non-hydrogen) atoms. The molecular weight excluding hydrogens is 252 g/mol. The van der Waals surface area contributed by atoms with E-state index >= 15 is 0 Å². The molecule has 1 heterocycles. The van der Waals surface area contributed by atoms with Gasteiger partial charge < -0.3 is 0 Å². The topological polar surface area (TPSA) is 84.6 Å². The fraction of sp³-hybridized carbons (Fsp3) is 0.333. The third-order valence-electron chi connectivity index (χ3n) is 2.85. The highest BCUT2D eigenvalue weighted by atomic mass is 32.3. The van der Waals surface area contributed by atoms with Crippen LogP contribution in [0.4, 0.5) is 0 Å². The van der Waals surface area contributed by atoms with Crippen LogP contribution in [0, 0.1) is 11.3 Å². The number of amides is 1. The monoisotopic (exact) mass is 266 g/mol. The lowest BCUT2D eigenvalue weighted by molar-refractivity contribution is 0.0861. The average molecular weight is 266 g/mol. The molecule has 1 aromatic carbocycles. The summed E-state index contributed by atoms with van der Waals surface area (Å²) >= 11 is 0. The number of fused-ring (bicyclic) bond motifs is 1. The maximum absolute atomic E-state index is 12.0. The molecule has 5 nitrogen and oxygen atoms in total. The van der Waals surface area contributed by atoms with Gasteiger partial charge in [0.2, 0.25) is 0 Å². The molecule has 0 saturated carbocycles. The fourth-order valence-electron chi connectivity index (χ4n) is 1.94. The maximum atomic E-state index is 12.0. The van der Waals surface area contributed by atoms with E-state index in [1.165, 1.54) is 0 Å². The highest BCUT2D eigenvalue weighted by Crippen LogP contribution is 2.58. The van der Waals surface area contributed by atoms with Crippen LogP contribution in [-0.4, -0.2) is 25.9 Å². The lowest BCUT2D eigenvalue weighted by Crippen LogP contribution is -2.28. The van der Waals surface area contributed by atoms with Gasteiger partial charge in [-0.15, -0.1) is 0 Å². The molecule has 0 bridgehead atoms. The molecule has 0 unspecified atom stereocenters. The molecular formula is C12H14N2O3S. The Hall–Kier alpha value is -1.55. The summed E-state index contributed by atoms with van der Waals surface area (Å²) in [4.78, 5) is 12.3. The van der Waals surface area contributed by atoms with Crippen molar-refractivity contribution in [2.24, 2.45) is 0 Å². The normalized spacial score (nSPS) is 18.3. The second-order valence-electron chi connectivity index (χ2n) is 4.04. The molecule has 1 aliphatic heterocycles. The zero-order valence-corrected chi connectivity index (χ0v) is 10.6. The van der Waals surface area contributed by atoms with Crippen LogP contribution in [0.25, 0.3) is 0 Å². The molecule has 0 aromatic heterocycles. The number of rotatable bonds is 4. The average Bonchev–Trinajstić information content (AvgIpc) is 2.55. The molecule has 0 radical (unpaired) electrons. The van der Waals surface area contributed by atoms with Gasteiger partial charge in [-0.05, 0) is 25.0 Å². The van der Waals surface area contributed by atoms with Gasteiger partial charge in [0.15, 0.2) is 0 Å². The lowest BCUT2D eigenvalue weighted by Gasteiger charge is -2.36. The lowest BCUT2D eigenvalue weighted by atomic mass is 10.2. The minimum absolute atomic E-state index is 0.261. The molecule has 6 heteroatoms. The van der Waals surface area contributed by atoms with Gasteiger partial charge in [-0.25, -0.2) is 4.31 Å². The van der Waals surface area contributed by atoms with Gasteiger partial charge in [-0.1, -0.05) is 22.9 Å². The first kappa shape index (κ1) is 12.9. The van der Waals surface area contributed by atoms with Crippen molar-refractivity contribution in [3.8, 4) is 6.07 Å². The van der Waals surface area contributed by atoms with E-state index in [4.69, 9.17) is 5.26 Å². The van der Waals surface area contributed by atoms with Gasteiger partial charge in [0.1, 0.15) is 0 Å². The Bertz CT molecular complexity index is 510. The first-order chi connectivity index (χ1) is 8.59. The second-order valence-corrected chi connectivity index (χ2v) is 5.96. The van der Waals surface area contributed by atoms with E-state index in [9.17, 15) is 13.9 Å². The van der Waals surface area contributed by atoms with E-state index in [0.717, 1.165) is 4.31 Å². The Labute approximate surface area is 107 Å². The van der Waals surface area contributed by atoms with Crippen LogP contribution in [0.1, 0.15) is 29.6 Å². The van der Waals surface area contributed by atoms with Crippen LogP contribution in [0.15, 0.2) is 29.2 Å². The number of carbonyl (C=O) groups is 1. The van der Waals surface area contributed by atoms with Crippen LogP contribution < -0.4 is 0 Å². The molecule has 0 aliphatic carbocycles. The zero-order valence-electron chi connectivity index (χ0n) is 9.74. The first-order valence-electron chi connectivity index (χ1n) is 5.65. The Balaban J connectivity index is 2.15. The summed E-state index contributed by atoms with van der Waals surface area (Å²) in [5.41, 5.74) is 0.359. The molecule has 0 atom stereocenters. The molecule has 0 saturated heterocycles. The Morgan fingerprint density at radius 1 is 1.28 bits per heavy atom. The summed E-state index contributed by atoms with van der Waals surface area (Å²) in [7, 11) is -3.18. The van der Waals surface area contributed by atoms with Gasteiger partial charge in [0.25, 0.3) is 5.91 Å². The molecule has 1 aromatic rings. The van der Waals surface area contributed by atoms with Crippen molar-refractivity contribution >= 4 is 16.7 Å². The fourth-order valence-corrected chi connectivity index (χ4v) is 3.60. The molecule has 0 spiro atoms. The standard InChI is InChI=1S/C12H14N2O3S/c13-8-4-1-5-9-14-12(15)10-6-2-3-7-11(10)18(14,16)17/h2-3,6-7,16-17H,1,4-5,9H2. The largest absolute Gasteiger partial charge is 0.277 e. The number of hydrogen-bond donors (Lipinski definition) is 2. The van der Waals surface area contributed by atoms with Crippen LogP contribution in [0.3, 0.4) is 0 Å². The molecule has 2 N–H and O–H groups in total. The molecule has 1 aliphatic rings. The first-order valence-corrected chi connectivity index (χ1v) is 7.15. The van der Waals surface area contributed by atoms with Crippen molar-refractivity contribution in [1.82, 2.24) is 4.31 Å². The smallest absolute Gasteiger partial charge is 0.274 e. The second kappa shape index (κ2) is 4.98. The minimum Gasteiger partial charge on any atom is -0.277 e. The summed E-state index contributed by atoms with van der Waals surface area (Å²) in [5, 5.41) is 8.43.